The number of tetrazole rings is 1. The van der Waals surface area contributed by atoms with Gasteiger partial charge in [0.2, 0.25) is 0 Å². The Morgan fingerprint density at radius 1 is 1.50 bits per heavy atom. The van der Waals surface area contributed by atoms with Crippen LogP contribution in [-0.2, 0) is 11.3 Å². The number of carboxylic acids is 1. The fourth-order valence-electron chi connectivity index (χ4n) is 1.95. The van der Waals surface area contributed by atoms with E-state index in [1.54, 1.807) is 11.8 Å². The highest BCUT2D eigenvalue weighted by molar-refractivity contribution is 5.67. The molecule has 20 heavy (non-hydrogen) atoms. The highest BCUT2D eigenvalue weighted by atomic mass is 16.5. The molecular weight excluding hydrogens is 260 g/mol. The van der Waals surface area contributed by atoms with Gasteiger partial charge >= 0.3 is 5.97 Å². The van der Waals surface area contributed by atoms with Gasteiger partial charge in [-0.3, -0.25) is 4.79 Å². The van der Waals surface area contributed by atoms with Crippen LogP contribution in [0.2, 0.25) is 0 Å². The molecule has 106 valence electrons. The first-order valence-corrected chi connectivity index (χ1v) is 6.22. The molecule has 0 radical (unpaired) electrons. The first-order valence-electron chi connectivity index (χ1n) is 6.22. The Bertz CT molecular complexity index is 597. The van der Waals surface area contributed by atoms with E-state index in [1.165, 1.54) is 0 Å². The summed E-state index contributed by atoms with van der Waals surface area (Å²) in [5.41, 5.74) is 0.830. The first kappa shape index (κ1) is 14.0. The Morgan fingerprint density at radius 2 is 2.30 bits per heavy atom. The van der Waals surface area contributed by atoms with Crippen molar-refractivity contribution in [3.05, 3.63) is 24.3 Å². The maximum atomic E-state index is 10.7. The summed E-state index contributed by atoms with van der Waals surface area (Å²) in [5.74, 6) is 0.436. The average molecular weight is 276 g/mol. The van der Waals surface area contributed by atoms with Crippen molar-refractivity contribution in [2.45, 2.75) is 19.9 Å². The highest BCUT2D eigenvalue weighted by Gasteiger charge is 2.14. The fourth-order valence-corrected chi connectivity index (χ4v) is 1.95. The largest absolute Gasteiger partial charge is 0.497 e. The number of nitrogens with zero attached hydrogens (tertiary/aromatic N) is 4. The molecule has 0 saturated heterocycles. The minimum atomic E-state index is -0.825. The van der Waals surface area contributed by atoms with Crippen LogP contribution in [0.5, 0.6) is 5.75 Å². The van der Waals surface area contributed by atoms with Gasteiger partial charge in [-0.1, -0.05) is 19.1 Å². The number of methoxy groups -OCH3 is 1. The second-order valence-electron chi connectivity index (χ2n) is 4.62. The number of aliphatic carboxylic acids is 1. The Hall–Kier alpha value is -2.44. The van der Waals surface area contributed by atoms with Crippen LogP contribution < -0.4 is 4.74 Å². The van der Waals surface area contributed by atoms with Crippen LogP contribution in [-0.4, -0.2) is 38.4 Å². The van der Waals surface area contributed by atoms with Crippen LogP contribution in [0.4, 0.5) is 0 Å². The molecule has 2 aromatic rings. The van der Waals surface area contributed by atoms with Crippen molar-refractivity contribution in [2.75, 3.05) is 7.11 Å². The summed E-state index contributed by atoms with van der Waals surface area (Å²) in [6.45, 7) is 2.30. The Balaban J connectivity index is 2.21. The summed E-state index contributed by atoms with van der Waals surface area (Å²) in [6.07, 6.45) is 0.0808. The number of carboxylic acid groups (broad SMARTS) is 1. The molecule has 1 N–H and O–H groups in total. The topological polar surface area (TPSA) is 90.1 Å². The van der Waals surface area contributed by atoms with Gasteiger partial charge in [-0.15, -0.1) is 5.10 Å². The van der Waals surface area contributed by atoms with Gasteiger partial charge in [0.1, 0.15) is 5.75 Å². The Kier molecular flexibility index (Phi) is 4.29. The third-order valence-corrected chi connectivity index (χ3v) is 2.87. The SMILES string of the molecule is COc1cccc(-c2nnnn2CC(C)CC(=O)O)c1. The third kappa shape index (κ3) is 3.31. The van der Waals surface area contributed by atoms with E-state index in [0.29, 0.717) is 12.4 Å². The van der Waals surface area contributed by atoms with E-state index in [9.17, 15) is 4.79 Å². The van der Waals surface area contributed by atoms with E-state index in [1.807, 2.05) is 31.2 Å². The number of rotatable bonds is 6. The standard InChI is InChI=1S/C13H16N4O3/c1-9(6-12(18)19)8-17-13(14-15-16-17)10-4-3-5-11(7-10)20-2/h3-5,7,9H,6,8H2,1-2H3,(H,18,19). The smallest absolute Gasteiger partial charge is 0.303 e. The minimum Gasteiger partial charge on any atom is -0.497 e. The van der Waals surface area contributed by atoms with Gasteiger partial charge in [0.25, 0.3) is 0 Å². The summed E-state index contributed by atoms with van der Waals surface area (Å²) in [4.78, 5) is 10.7. The van der Waals surface area contributed by atoms with Crippen molar-refractivity contribution < 1.29 is 14.6 Å². The van der Waals surface area contributed by atoms with Crippen molar-refractivity contribution >= 4 is 5.97 Å². The molecule has 1 atom stereocenters. The fraction of sp³-hybridized carbons (Fsp3) is 0.385. The first-order chi connectivity index (χ1) is 9.60. The molecule has 1 aromatic heterocycles. The molecule has 1 heterocycles. The van der Waals surface area contributed by atoms with Crippen LogP contribution in [0, 0.1) is 5.92 Å². The van der Waals surface area contributed by atoms with Crippen LogP contribution in [0.3, 0.4) is 0 Å². The molecule has 0 amide bonds. The molecule has 0 fully saturated rings. The average Bonchev–Trinajstić information content (AvgIpc) is 2.85. The minimum absolute atomic E-state index is 0.0552. The Labute approximate surface area is 116 Å². The maximum absolute atomic E-state index is 10.7. The van der Waals surface area contributed by atoms with Gasteiger partial charge in [0.05, 0.1) is 7.11 Å². The zero-order chi connectivity index (χ0) is 14.5. The molecule has 1 unspecified atom stereocenters. The second kappa shape index (κ2) is 6.14. The lowest BCUT2D eigenvalue weighted by atomic mass is 10.1. The highest BCUT2D eigenvalue weighted by Crippen LogP contribution is 2.22. The quantitative estimate of drug-likeness (QED) is 0.859. The summed E-state index contributed by atoms with van der Waals surface area (Å²) >= 11 is 0. The van der Waals surface area contributed by atoms with Gasteiger partial charge in [0.15, 0.2) is 5.82 Å². The Morgan fingerprint density at radius 3 is 3.00 bits per heavy atom. The maximum Gasteiger partial charge on any atom is 0.303 e. The van der Waals surface area contributed by atoms with Gasteiger partial charge in [-0.25, -0.2) is 4.68 Å². The number of aromatic nitrogens is 4. The van der Waals surface area contributed by atoms with Gasteiger partial charge in [-0.05, 0) is 28.5 Å². The molecular formula is C13H16N4O3. The molecule has 0 bridgehead atoms. The third-order valence-electron chi connectivity index (χ3n) is 2.87. The lowest BCUT2D eigenvalue weighted by Gasteiger charge is -2.10. The molecule has 0 aliphatic carbocycles. The normalized spacial score (nSPS) is 12.1. The van der Waals surface area contributed by atoms with Gasteiger partial charge < -0.3 is 9.84 Å². The molecule has 0 spiro atoms. The van der Waals surface area contributed by atoms with E-state index in [0.717, 1.165) is 11.3 Å². The van der Waals surface area contributed by atoms with E-state index in [2.05, 4.69) is 15.5 Å². The lowest BCUT2D eigenvalue weighted by molar-refractivity contribution is -0.138. The van der Waals surface area contributed by atoms with Crippen molar-refractivity contribution in [1.29, 1.82) is 0 Å². The molecule has 0 saturated carbocycles. The number of carbonyl (C=O) groups is 1. The van der Waals surface area contributed by atoms with E-state index < -0.39 is 5.97 Å². The van der Waals surface area contributed by atoms with Crippen molar-refractivity contribution in [2.24, 2.45) is 5.92 Å². The van der Waals surface area contributed by atoms with Crippen LogP contribution in [0.15, 0.2) is 24.3 Å². The lowest BCUT2D eigenvalue weighted by Crippen LogP contribution is -2.14. The number of ether oxygens (including phenoxy) is 1. The predicted molar refractivity (Wildman–Crippen MR) is 71.2 cm³/mol. The van der Waals surface area contributed by atoms with E-state index >= 15 is 0 Å². The number of hydrogen-bond acceptors (Lipinski definition) is 5. The molecule has 7 nitrogen and oxygen atoms in total. The van der Waals surface area contributed by atoms with Gasteiger partial charge in [0, 0.05) is 18.5 Å². The molecule has 2 rings (SSSR count). The molecule has 0 aliphatic rings. The predicted octanol–water partition coefficient (Wildman–Crippen LogP) is 1.46. The second-order valence-corrected chi connectivity index (χ2v) is 4.62. The van der Waals surface area contributed by atoms with Gasteiger partial charge in [-0.2, -0.15) is 0 Å². The summed E-state index contributed by atoms with van der Waals surface area (Å²) in [7, 11) is 1.59. The molecule has 1 aromatic carbocycles. The van der Waals surface area contributed by atoms with E-state index in [4.69, 9.17) is 9.84 Å². The zero-order valence-corrected chi connectivity index (χ0v) is 11.4. The zero-order valence-electron chi connectivity index (χ0n) is 11.4. The van der Waals surface area contributed by atoms with Crippen molar-refractivity contribution in [3.63, 3.8) is 0 Å². The summed E-state index contributed by atoms with van der Waals surface area (Å²) < 4.78 is 6.78. The number of hydrogen-bond donors (Lipinski definition) is 1. The molecule has 7 heteroatoms. The monoisotopic (exact) mass is 276 g/mol. The number of benzene rings is 1. The van der Waals surface area contributed by atoms with E-state index in [-0.39, 0.29) is 12.3 Å². The van der Waals surface area contributed by atoms with Crippen LogP contribution in [0.1, 0.15) is 13.3 Å². The summed E-state index contributed by atoms with van der Waals surface area (Å²) in [5, 5.41) is 20.4. The summed E-state index contributed by atoms with van der Waals surface area (Å²) in [6, 6.07) is 7.41. The molecule has 0 aliphatic heterocycles. The van der Waals surface area contributed by atoms with Crippen molar-refractivity contribution in [3.8, 4) is 17.1 Å². The van der Waals surface area contributed by atoms with Crippen molar-refractivity contribution in [1.82, 2.24) is 20.2 Å². The van der Waals surface area contributed by atoms with Crippen LogP contribution in [0.25, 0.3) is 11.4 Å². The van der Waals surface area contributed by atoms with Crippen LogP contribution >= 0.6 is 0 Å².